The molecule has 0 bridgehead atoms. The van der Waals surface area contributed by atoms with Crippen LogP contribution in [0.25, 0.3) is 10.9 Å². The number of benzene rings is 2. The zero-order valence-electron chi connectivity index (χ0n) is 15.0. The number of rotatable bonds is 5. The Morgan fingerprint density at radius 2 is 1.77 bits per heavy atom. The topological polar surface area (TPSA) is 65.4 Å². The minimum Gasteiger partial charge on any atom is -0.497 e. The van der Waals surface area contributed by atoms with E-state index < -0.39 is 15.3 Å². The van der Waals surface area contributed by atoms with Gasteiger partial charge < -0.3 is 9.30 Å². The highest BCUT2D eigenvalue weighted by Gasteiger charge is 2.23. The quantitative estimate of drug-likeness (QED) is 0.688. The number of ether oxygens (including phenoxy) is 1. The van der Waals surface area contributed by atoms with Crippen molar-refractivity contribution in [1.82, 2.24) is 4.57 Å². The lowest BCUT2D eigenvalue weighted by molar-refractivity contribution is 0.414. The zero-order chi connectivity index (χ0) is 18.9. The molecule has 3 aromatic rings. The van der Waals surface area contributed by atoms with E-state index in [1.54, 1.807) is 18.2 Å². The largest absolute Gasteiger partial charge is 0.497 e. The van der Waals surface area contributed by atoms with E-state index in [4.69, 9.17) is 4.74 Å². The summed E-state index contributed by atoms with van der Waals surface area (Å²) in [6.45, 7) is 4.52. The van der Waals surface area contributed by atoms with Crippen molar-refractivity contribution in [3.63, 3.8) is 0 Å². The Kier molecular flexibility index (Phi) is 4.87. The molecule has 0 amide bonds. The number of methoxy groups -OCH3 is 1. The molecule has 0 aliphatic heterocycles. The number of pyridine rings is 1. The van der Waals surface area contributed by atoms with Crippen molar-refractivity contribution in [2.45, 2.75) is 36.6 Å². The van der Waals surface area contributed by atoms with Crippen molar-refractivity contribution in [2.24, 2.45) is 0 Å². The van der Waals surface area contributed by atoms with Gasteiger partial charge >= 0.3 is 0 Å². The lowest BCUT2D eigenvalue weighted by Crippen LogP contribution is -2.19. The molecule has 0 saturated carbocycles. The minimum atomic E-state index is -3.93. The first-order valence-corrected chi connectivity index (χ1v) is 9.89. The lowest BCUT2D eigenvalue weighted by Gasteiger charge is -2.14. The number of hydrogen-bond acceptors (Lipinski definition) is 4. The van der Waals surface area contributed by atoms with Crippen LogP contribution < -0.4 is 10.2 Å². The molecule has 1 heterocycles. The average molecular weight is 371 g/mol. The molecular weight excluding hydrogens is 350 g/mol. The summed E-state index contributed by atoms with van der Waals surface area (Å²) >= 11 is 0. The van der Waals surface area contributed by atoms with Gasteiger partial charge in [0.1, 0.15) is 10.6 Å². The third kappa shape index (κ3) is 3.12. The summed E-state index contributed by atoms with van der Waals surface area (Å²) in [5.41, 5.74) is 1.19. The molecule has 6 heteroatoms. The molecule has 2 aromatic carbocycles. The van der Waals surface area contributed by atoms with E-state index in [-0.39, 0.29) is 9.79 Å². The van der Waals surface area contributed by atoms with Gasteiger partial charge in [-0.1, -0.05) is 18.6 Å². The third-order valence-electron chi connectivity index (χ3n) is 4.33. The molecule has 0 aliphatic rings. The molecule has 0 saturated heterocycles. The van der Waals surface area contributed by atoms with Gasteiger partial charge in [0.25, 0.3) is 0 Å². The normalized spacial score (nSPS) is 11.7. The second kappa shape index (κ2) is 6.96. The van der Waals surface area contributed by atoms with Gasteiger partial charge in [0.2, 0.25) is 15.3 Å². The molecule has 0 spiro atoms. The van der Waals surface area contributed by atoms with Crippen LogP contribution in [0.2, 0.25) is 0 Å². The highest BCUT2D eigenvalue weighted by Crippen LogP contribution is 2.23. The van der Waals surface area contributed by atoms with Gasteiger partial charge in [-0.15, -0.1) is 0 Å². The van der Waals surface area contributed by atoms with Crippen LogP contribution in [-0.2, 0) is 16.4 Å². The zero-order valence-corrected chi connectivity index (χ0v) is 15.8. The number of aromatic nitrogens is 1. The van der Waals surface area contributed by atoms with Crippen LogP contribution in [0.1, 0.15) is 18.9 Å². The first-order valence-electron chi connectivity index (χ1n) is 8.41. The Hall–Kier alpha value is -2.60. The standard InChI is InChI=1S/C20H21NO4S/c1-4-11-21-13-19(20(22)17-12-14(2)5-10-18(17)21)26(23,24)16-8-6-15(25-3)7-9-16/h5-10,12-13H,4,11H2,1-3H3. The van der Waals surface area contributed by atoms with Gasteiger partial charge in [0.15, 0.2) is 0 Å². The van der Waals surface area contributed by atoms with Crippen molar-refractivity contribution >= 4 is 20.7 Å². The molecule has 1 aromatic heterocycles. The molecule has 136 valence electrons. The second-order valence-electron chi connectivity index (χ2n) is 6.22. The Balaban J connectivity index is 2.29. The van der Waals surface area contributed by atoms with E-state index in [2.05, 4.69) is 0 Å². The molecule has 0 unspecified atom stereocenters. The summed E-state index contributed by atoms with van der Waals surface area (Å²) < 4.78 is 33.1. The number of aryl methyl sites for hydroxylation is 2. The SMILES string of the molecule is CCCn1cc(S(=O)(=O)c2ccc(OC)cc2)c(=O)c2cc(C)ccc21. The summed E-state index contributed by atoms with van der Waals surface area (Å²) in [6, 6.07) is 11.6. The summed E-state index contributed by atoms with van der Waals surface area (Å²) in [5, 5.41) is 0.424. The summed E-state index contributed by atoms with van der Waals surface area (Å²) in [5.74, 6) is 0.557. The van der Waals surface area contributed by atoms with E-state index in [0.29, 0.717) is 17.7 Å². The number of hydrogen-bond donors (Lipinski definition) is 0. The van der Waals surface area contributed by atoms with Gasteiger partial charge in [-0.3, -0.25) is 4.79 Å². The Labute approximate surface area is 152 Å². The molecule has 0 N–H and O–H groups in total. The molecule has 5 nitrogen and oxygen atoms in total. The van der Waals surface area contributed by atoms with E-state index in [0.717, 1.165) is 17.5 Å². The summed E-state index contributed by atoms with van der Waals surface area (Å²) in [4.78, 5) is 12.8. The van der Waals surface area contributed by atoms with E-state index >= 15 is 0 Å². The first-order chi connectivity index (χ1) is 12.4. The number of fused-ring (bicyclic) bond motifs is 1. The minimum absolute atomic E-state index is 0.0745. The second-order valence-corrected chi connectivity index (χ2v) is 8.13. The van der Waals surface area contributed by atoms with Crippen molar-refractivity contribution in [3.05, 3.63) is 64.4 Å². The van der Waals surface area contributed by atoms with Crippen LogP contribution in [0.15, 0.2) is 63.2 Å². The lowest BCUT2D eigenvalue weighted by atomic mass is 10.1. The average Bonchev–Trinajstić information content (AvgIpc) is 2.64. The smallest absolute Gasteiger partial charge is 0.211 e. The number of sulfone groups is 1. The predicted octanol–water partition coefficient (Wildman–Crippen LogP) is 3.56. The first kappa shape index (κ1) is 18.2. The molecule has 0 fully saturated rings. The van der Waals surface area contributed by atoms with Crippen LogP contribution in [0.5, 0.6) is 5.75 Å². The molecule has 3 rings (SSSR count). The van der Waals surface area contributed by atoms with Crippen LogP contribution in [-0.4, -0.2) is 20.1 Å². The third-order valence-corrected chi connectivity index (χ3v) is 6.09. The van der Waals surface area contributed by atoms with Crippen molar-refractivity contribution < 1.29 is 13.2 Å². The highest BCUT2D eigenvalue weighted by molar-refractivity contribution is 7.91. The van der Waals surface area contributed by atoms with E-state index in [1.807, 2.05) is 30.5 Å². The fourth-order valence-electron chi connectivity index (χ4n) is 2.98. The Bertz CT molecular complexity index is 1110. The van der Waals surface area contributed by atoms with E-state index in [9.17, 15) is 13.2 Å². The molecule has 0 aliphatic carbocycles. The Morgan fingerprint density at radius 1 is 1.08 bits per heavy atom. The molecule has 26 heavy (non-hydrogen) atoms. The fraction of sp³-hybridized carbons (Fsp3) is 0.250. The molecule has 0 atom stereocenters. The highest BCUT2D eigenvalue weighted by atomic mass is 32.2. The van der Waals surface area contributed by atoms with Crippen LogP contribution in [0.4, 0.5) is 0 Å². The van der Waals surface area contributed by atoms with Gasteiger partial charge in [-0.2, -0.15) is 0 Å². The van der Waals surface area contributed by atoms with Crippen molar-refractivity contribution in [1.29, 1.82) is 0 Å². The van der Waals surface area contributed by atoms with Gasteiger partial charge in [0.05, 0.1) is 17.5 Å². The fourth-order valence-corrected chi connectivity index (χ4v) is 4.35. The summed E-state index contributed by atoms with van der Waals surface area (Å²) in [6.07, 6.45) is 2.29. The van der Waals surface area contributed by atoms with Crippen molar-refractivity contribution in [3.8, 4) is 5.75 Å². The van der Waals surface area contributed by atoms with Gasteiger partial charge in [-0.25, -0.2) is 8.42 Å². The van der Waals surface area contributed by atoms with Gasteiger partial charge in [0, 0.05) is 18.1 Å². The maximum atomic E-state index is 13.1. The molecule has 0 radical (unpaired) electrons. The van der Waals surface area contributed by atoms with E-state index in [1.165, 1.54) is 25.4 Å². The maximum Gasteiger partial charge on any atom is 0.211 e. The predicted molar refractivity (Wildman–Crippen MR) is 102 cm³/mol. The van der Waals surface area contributed by atoms with Crippen LogP contribution in [0.3, 0.4) is 0 Å². The van der Waals surface area contributed by atoms with Crippen molar-refractivity contribution in [2.75, 3.05) is 7.11 Å². The van der Waals surface area contributed by atoms with Crippen LogP contribution in [0, 0.1) is 6.92 Å². The summed E-state index contributed by atoms with van der Waals surface area (Å²) in [7, 11) is -2.42. The monoisotopic (exact) mass is 371 g/mol. The molecular formula is C20H21NO4S. The maximum absolute atomic E-state index is 13.1. The number of nitrogens with zero attached hydrogens (tertiary/aromatic N) is 1. The van der Waals surface area contributed by atoms with Crippen LogP contribution >= 0.6 is 0 Å². The van der Waals surface area contributed by atoms with Gasteiger partial charge in [-0.05, 0) is 49.7 Å². The Morgan fingerprint density at radius 3 is 2.38 bits per heavy atom.